The van der Waals surface area contributed by atoms with Gasteiger partial charge in [0.1, 0.15) is 17.7 Å². The average Bonchev–Trinajstić information content (AvgIpc) is 2.85. The molecule has 0 radical (unpaired) electrons. The fourth-order valence-corrected chi connectivity index (χ4v) is 2.81. The maximum atomic E-state index is 13.2. The van der Waals surface area contributed by atoms with Crippen molar-refractivity contribution in [3.63, 3.8) is 0 Å². The summed E-state index contributed by atoms with van der Waals surface area (Å²) in [6.45, 7) is 4.89. The van der Waals surface area contributed by atoms with Crippen LogP contribution in [0.25, 0.3) is 0 Å². The van der Waals surface area contributed by atoms with Crippen molar-refractivity contribution >= 4 is 0 Å². The van der Waals surface area contributed by atoms with Gasteiger partial charge in [-0.2, -0.15) is 0 Å². The van der Waals surface area contributed by atoms with Gasteiger partial charge >= 0.3 is 0 Å². The van der Waals surface area contributed by atoms with Crippen molar-refractivity contribution in [1.29, 1.82) is 0 Å². The fourth-order valence-electron chi connectivity index (χ4n) is 2.81. The van der Waals surface area contributed by atoms with Gasteiger partial charge in [-0.25, -0.2) is 4.39 Å². The molecule has 112 valence electrons. The molecule has 0 spiro atoms. The molecule has 0 amide bonds. The third-order valence-electron chi connectivity index (χ3n) is 4.05. The van der Waals surface area contributed by atoms with Gasteiger partial charge in [-0.15, -0.1) is 0 Å². The summed E-state index contributed by atoms with van der Waals surface area (Å²) in [5.74, 6) is 0.497. The summed E-state index contributed by atoms with van der Waals surface area (Å²) >= 11 is 0. The van der Waals surface area contributed by atoms with Crippen LogP contribution in [-0.2, 0) is 0 Å². The highest BCUT2D eigenvalue weighted by atomic mass is 19.1. The lowest BCUT2D eigenvalue weighted by molar-refractivity contribution is 0.140. The first-order valence-electron chi connectivity index (χ1n) is 7.37. The number of hydrogen-bond donors (Lipinski definition) is 2. The van der Waals surface area contributed by atoms with Crippen molar-refractivity contribution in [2.45, 2.75) is 51.2 Å². The molecule has 1 aliphatic carbocycles. The Morgan fingerprint density at radius 2 is 2.30 bits per heavy atom. The first-order chi connectivity index (χ1) is 9.58. The predicted molar refractivity (Wildman–Crippen MR) is 77.5 cm³/mol. The van der Waals surface area contributed by atoms with Crippen LogP contribution in [0.2, 0.25) is 0 Å². The van der Waals surface area contributed by atoms with E-state index in [-0.39, 0.29) is 24.1 Å². The third kappa shape index (κ3) is 3.49. The van der Waals surface area contributed by atoms with E-state index in [0.717, 1.165) is 32.2 Å². The summed E-state index contributed by atoms with van der Waals surface area (Å²) in [5, 5.41) is 13.1. The number of benzene rings is 1. The maximum absolute atomic E-state index is 13.2. The van der Waals surface area contributed by atoms with Crippen LogP contribution < -0.4 is 10.1 Å². The Labute approximate surface area is 120 Å². The van der Waals surface area contributed by atoms with Crippen molar-refractivity contribution in [1.82, 2.24) is 5.32 Å². The zero-order chi connectivity index (χ0) is 14.6. The molecule has 1 fully saturated rings. The van der Waals surface area contributed by atoms with Crippen LogP contribution in [0.4, 0.5) is 4.39 Å². The van der Waals surface area contributed by atoms with Crippen molar-refractivity contribution in [2.75, 3.05) is 13.2 Å². The molecule has 2 rings (SSSR count). The zero-order valence-corrected chi connectivity index (χ0v) is 12.3. The highest BCUT2D eigenvalue weighted by molar-refractivity contribution is 5.29. The Balaban J connectivity index is 1.96. The molecule has 2 atom stereocenters. The summed E-state index contributed by atoms with van der Waals surface area (Å²) in [5.41, 5.74) is 0.383. The van der Waals surface area contributed by atoms with Gasteiger partial charge in [0.2, 0.25) is 0 Å². The SMILES string of the molecule is CCCNC1(CO)CCC(Oc2ccc(F)c(C)c2)C1. The summed E-state index contributed by atoms with van der Waals surface area (Å²) in [4.78, 5) is 0. The molecule has 20 heavy (non-hydrogen) atoms. The molecule has 0 heterocycles. The van der Waals surface area contributed by atoms with Crippen LogP contribution >= 0.6 is 0 Å². The van der Waals surface area contributed by atoms with E-state index in [1.807, 2.05) is 0 Å². The lowest BCUT2D eigenvalue weighted by atomic mass is 9.98. The number of hydrogen-bond acceptors (Lipinski definition) is 3. The lowest BCUT2D eigenvalue weighted by Gasteiger charge is -2.28. The minimum absolute atomic E-state index is 0.0800. The highest BCUT2D eigenvalue weighted by Gasteiger charge is 2.39. The number of aliphatic hydroxyl groups excluding tert-OH is 1. The molecule has 4 heteroatoms. The van der Waals surface area contributed by atoms with Gasteiger partial charge in [-0.05, 0) is 56.5 Å². The van der Waals surface area contributed by atoms with Gasteiger partial charge < -0.3 is 15.2 Å². The van der Waals surface area contributed by atoms with E-state index in [0.29, 0.717) is 11.3 Å². The van der Waals surface area contributed by atoms with E-state index in [2.05, 4.69) is 12.2 Å². The van der Waals surface area contributed by atoms with Gasteiger partial charge in [-0.3, -0.25) is 0 Å². The van der Waals surface area contributed by atoms with Crippen molar-refractivity contribution in [3.8, 4) is 5.75 Å². The molecular weight excluding hydrogens is 257 g/mol. The Bertz CT molecular complexity index is 452. The topological polar surface area (TPSA) is 41.5 Å². The Hall–Kier alpha value is -1.13. The summed E-state index contributed by atoms with van der Waals surface area (Å²) in [6, 6.07) is 4.84. The minimum Gasteiger partial charge on any atom is -0.490 e. The second-order valence-electron chi connectivity index (χ2n) is 5.76. The smallest absolute Gasteiger partial charge is 0.126 e. The standard InChI is InChI=1S/C16H24FNO2/c1-3-8-18-16(11-19)7-6-14(10-16)20-13-4-5-15(17)12(2)9-13/h4-5,9,14,18-19H,3,6-8,10-11H2,1-2H3. The largest absolute Gasteiger partial charge is 0.490 e. The van der Waals surface area contributed by atoms with E-state index >= 15 is 0 Å². The fraction of sp³-hybridized carbons (Fsp3) is 0.625. The number of aliphatic hydroxyl groups is 1. The van der Waals surface area contributed by atoms with Crippen LogP contribution in [0.15, 0.2) is 18.2 Å². The van der Waals surface area contributed by atoms with E-state index in [4.69, 9.17) is 4.74 Å². The van der Waals surface area contributed by atoms with Crippen LogP contribution in [0.5, 0.6) is 5.75 Å². The van der Waals surface area contributed by atoms with Crippen molar-refractivity contribution < 1.29 is 14.2 Å². The summed E-state index contributed by atoms with van der Waals surface area (Å²) in [6.07, 6.45) is 3.74. The van der Waals surface area contributed by atoms with E-state index in [1.165, 1.54) is 6.07 Å². The minimum atomic E-state index is -0.213. The van der Waals surface area contributed by atoms with Gasteiger partial charge in [0.15, 0.2) is 0 Å². The molecule has 0 aliphatic heterocycles. The van der Waals surface area contributed by atoms with E-state index in [9.17, 15) is 9.50 Å². The Morgan fingerprint density at radius 3 is 2.95 bits per heavy atom. The van der Waals surface area contributed by atoms with E-state index in [1.54, 1.807) is 19.1 Å². The highest BCUT2D eigenvalue weighted by Crippen LogP contribution is 2.33. The molecule has 1 saturated carbocycles. The number of halogens is 1. The van der Waals surface area contributed by atoms with Crippen LogP contribution in [-0.4, -0.2) is 29.9 Å². The average molecular weight is 281 g/mol. The Kier molecular flexibility index (Phi) is 5.00. The normalized spacial score (nSPS) is 25.9. The summed E-state index contributed by atoms with van der Waals surface area (Å²) < 4.78 is 19.2. The monoisotopic (exact) mass is 281 g/mol. The number of aryl methyl sites for hydroxylation is 1. The maximum Gasteiger partial charge on any atom is 0.126 e. The zero-order valence-electron chi connectivity index (χ0n) is 12.3. The van der Waals surface area contributed by atoms with Gasteiger partial charge in [-0.1, -0.05) is 6.92 Å². The number of nitrogens with one attached hydrogen (secondary N) is 1. The molecule has 2 unspecified atom stereocenters. The van der Waals surface area contributed by atoms with Gasteiger partial charge in [0.25, 0.3) is 0 Å². The molecule has 0 bridgehead atoms. The lowest BCUT2D eigenvalue weighted by Crippen LogP contribution is -2.47. The molecule has 0 saturated heterocycles. The Morgan fingerprint density at radius 1 is 1.50 bits per heavy atom. The van der Waals surface area contributed by atoms with Crippen molar-refractivity contribution in [2.24, 2.45) is 0 Å². The van der Waals surface area contributed by atoms with Gasteiger partial charge in [0.05, 0.1) is 6.61 Å². The predicted octanol–water partition coefficient (Wildman–Crippen LogP) is 2.80. The molecule has 3 nitrogen and oxygen atoms in total. The molecular formula is C16H24FNO2. The molecule has 1 aromatic carbocycles. The van der Waals surface area contributed by atoms with Gasteiger partial charge in [0, 0.05) is 12.0 Å². The number of rotatable bonds is 6. The third-order valence-corrected chi connectivity index (χ3v) is 4.05. The molecule has 1 aliphatic rings. The molecule has 0 aromatic heterocycles. The van der Waals surface area contributed by atoms with Crippen LogP contribution in [0.3, 0.4) is 0 Å². The number of ether oxygens (including phenoxy) is 1. The molecule has 1 aromatic rings. The quantitative estimate of drug-likeness (QED) is 0.842. The second kappa shape index (κ2) is 6.55. The first kappa shape index (κ1) is 15.3. The van der Waals surface area contributed by atoms with Crippen molar-refractivity contribution in [3.05, 3.63) is 29.6 Å². The summed E-state index contributed by atoms with van der Waals surface area (Å²) in [7, 11) is 0. The second-order valence-corrected chi connectivity index (χ2v) is 5.76. The first-order valence-corrected chi connectivity index (χ1v) is 7.37. The molecule has 2 N–H and O–H groups in total. The van der Waals surface area contributed by atoms with Crippen LogP contribution in [0, 0.1) is 12.7 Å². The van der Waals surface area contributed by atoms with E-state index < -0.39 is 0 Å². The van der Waals surface area contributed by atoms with Crippen LogP contribution in [0.1, 0.15) is 38.2 Å².